The van der Waals surface area contributed by atoms with Crippen LogP contribution in [0.2, 0.25) is 0 Å². The lowest BCUT2D eigenvalue weighted by molar-refractivity contribution is -0.122. The Morgan fingerprint density at radius 1 is 1.25 bits per heavy atom. The number of hydrogen-bond donors (Lipinski definition) is 1. The van der Waals surface area contributed by atoms with E-state index in [4.69, 9.17) is 0 Å². The van der Waals surface area contributed by atoms with Crippen molar-refractivity contribution in [2.75, 3.05) is 18.0 Å². The highest BCUT2D eigenvalue weighted by Gasteiger charge is 2.29. The minimum Gasteiger partial charge on any atom is -0.354 e. The molecule has 20 heavy (non-hydrogen) atoms. The number of amides is 2. The molecule has 2 rings (SSSR count). The maximum absolute atomic E-state index is 11.9. The van der Waals surface area contributed by atoms with E-state index in [0.29, 0.717) is 13.1 Å². The van der Waals surface area contributed by atoms with Crippen LogP contribution in [0.5, 0.6) is 0 Å². The maximum Gasteiger partial charge on any atom is 0.223 e. The standard InChI is InChI=1S/C16H22N2O2/c1-11-5-4-6-12(2)15(11)18(13(3)19)10-9-17-16(20)14-7-8-14/h4-6,14H,7-10H2,1-3H3,(H,17,20). The van der Waals surface area contributed by atoms with Gasteiger partial charge in [-0.3, -0.25) is 9.59 Å². The van der Waals surface area contributed by atoms with Gasteiger partial charge in [-0.15, -0.1) is 0 Å². The highest BCUT2D eigenvalue weighted by Crippen LogP contribution is 2.28. The second-order valence-corrected chi connectivity index (χ2v) is 5.48. The van der Waals surface area contributed by atoms with Crippen LogP contribution in [0.1, 0.15) is 30.9 Å². The van der Waals surface area contributed by atoms with Gasteiger partial charge < -0.3 is 10.2 Å². The molecule has 1 N–H and O–H groups in total. The van der Waals surface area contributed by atoms with Crippen molar-refractivity contribution in [1.82, 2.24) is 5.32 Å². The zero-order chi connectivity index (χ0) is 14.7. The minimum absolute atomic E-state index is 0.00284. The largest absolute Gasteiger partial charge is 0.354 e. The van der Waals surface area contributed by atoms with E-state index in [-0.39, 0.29) is 17.7 Å². The fraction of sp³-hybridized carbons (Fsp3) is 0.500. The molecule has 1 saturated carbocycles. The second kappa shape index (κ2) is 6.07. The van der Waals surface area contributed by atoms with Gasteiger partial charge in [0.2, 0.25) is 11.8 Å². The molecule has 0 atom stereocenters. The third-order valence-corrected chi connectivity index (χ3v) is 3.67. The van der Waals surface area contributed by atoms with Gasteiger partial charge in [0, 0.05) is 31.6 Å². The number of nitrogens with one attached hydrogen (secondary N) is 1. The van der Waals surface area contributed by atoms with Crippen molar-refractivity contribution in [2.45, 2.75) is 33.6 Å². The van der Waals surface area contributed by atoms with E-state index in [9.17, 15) is 9.59 Å². The number of carbonyl (C=O) groups excluding carboxylic acids is 2. The first kappa shape index (κ1) is 14.6. The van der Waals surface area contributed by atoms with Gasteiger partial charge >= 0.3 is 0 Å². The van der Waals surface area contributed by atoms with Crippen LogP contribution in [-0.2, 0) is 9.59 Å². The van der Waals surface area contributed by atoms with Crippen LogP contribution in [0.4, 0.5) is 5.69 Å². The van der Waals surface area contributed by atoms with Gasteiger partial charge in [-0.2, -0.15) is 0 Å². The van der Waals surface area contributed by atoms with Crippen molar-refractivity contribution in [3.8, 4) is 0 Å². The average Bonchev–Trinajstić information content (AvgIpc) is 3.20. The highest BCUT2D eigenvalue weighted by atomic mass is 16.2. The average molecular weight is 274 g/mol. The van der Waals surface area contributed by atoms with Crippen LogP contribution in [-0.4, -0.2) is 24.9 Å². The zero-order valence-electron chi connectivity index (χ0n) is 12.4. The number of nitrogens with zero attached hydrogens (tertiary/aromatic N) is 1. The lowest BCUT2D eigenvalue weighted by Gasteiger charge is -2.25. The molecule has 0 bridgehead atoms. The van der Waals surface area contributed by atoms with Crippen LogP contribution in [0.3, 0.4) is 0 Å². The molecule has 0 unspecified atom stereocenters. The molecule has 1 fully saturated rings. The van der Waals surface area contributed by atoms with Crippen LogP contribution in [0, 0.1) is 19.8 Å². The second-order valence-electron chi connectivity index (χ2n) is 5.48. The van der Waals surface area contributed by atoms with Gasteiger partial charge in [0.25, 0.3) is 0 Å². The molecule has 0 aromatic heterocycles. The Labute approximate surface area is 120 Å². The first-order valence-electron chi connectivity index (χ1n) is 7.12. The summed E-state index contributed by atoms with van der Waals surface area (Å²) >= 11 is 0. The third kappa shape index (κ3) is 3.38. The summed E-state index contributed by atoms with van der Waals surface area (Å²) in [6.45, 7) is 6.58. The Bertz CT molecular complexity index is 501. The summed E-state index contributed by atoms with van der Waals surface area (Å²) < 4.78 is 0. The molecule has 0 aliphatic heterocycles. The lowest BCUT2D eigenvalue weighted by Crippen LogP contribution is -2.38. The first-order chi connectivity index (χ1) is 9.50. The summed E-state index contributed by atoms with van der Waals surface area (Å²) in [6, 6.07) is 5.99. The van der Waals surface area contributed by atoms with E-state index in [1.165, 1.54) is 0 Å². The molecule has 0 heterocycles. The van der Waals surface area contributed by atoms with Crippen molar-refractivity contribution < 1.29 is 9.59 Å². The molecule has 2 amide bonds. The number of aryl methyl sites for hydroxylation is 2. The van der Waals surface area contributed by atoms with Gasteiger partial charge in [0.15, 0.2) is 0 Å². The molecular formula is C16H22N2O2. The van der Waals surface area contributed by atoms with Crippen LogP contribution in [0.25, 0.3) is 0 Å². The summed E-state index contributed by atoms with van der Waals surface area (Å²) in [5.41, 5.74) is 3.11. The molecule has 1 aromatic rings. The predicted molar refractivity (Wildman–Crippen MR) is 79.7 cm³/mol. The lowest BCUT2D eigenvalue weighted by atomic mass is 10.1. The maximum atomic E-state index is 11.9. The third-order valence-electron chi connectivity index (χ3n) is 3.67. The van der Waals surface area contributed by atoms with E-state index in [2.05, 4.69) is 5.32 Å². The van der Waals surface area contributed by atoms with E-state index in [1.54, 1.807) is 11.8 Å². The molecule has 108 valence electrons. The fourth-order valence-corrected chi connectivity index (χ4v) is 2.44. The molecule has 4 nitrogen and oxygen atoms in total. The van der Waals surface area contributed by atoms with Gasteiger partial charge in [-0.05, 0) is 37.8 Å². The van der Waals surface area contributed by atoms with E-state index in [1.807, 2.05) is 32.0 Å². The molecule has 1 aliphatic carbocycles. The molecule has 0 radical (unpaired) electrons. The van der Waals surface area contributed by atoms with Gasteiger partial charge in [-0.1, -0.05) is 18.2 Å². The van der Waals surface area contributed by atoms with Crippen LogP contribution in [0.15, 0.2) is 18.2 Å². The van der Waals surface area contributed by atoms with Crippen molar-refractivity contribution in [3.63, 3.8) is 0 Å². The number of anilines is 1. The van der Waals surface area contributed by atoms with Gasteiger partial charge in [0.1, 0.15) is 0 Å². The number of hydrogen-bond acceptors (Lipinski definition) is 2. The van der Waals surface area contributed by atoms with Crippen LogP contribution < -0.4 is 10.2 Å². The first-order valence-corrected chi connectivity index (χ1v) is 7.12. The molecular weight excluding hydrogens is 252 g/mol. The Morgan fingerprint density at radius 3 is 2.35 bits per heavy atom. The molecule has 1 aromatic carbocycles. The summed E-state index contributed by atoms with van der Waals surface area (Å²) in [7, 11) is 0. The van der Waals surface area contributed by atoms with Crippen molar-refractivity contribution in [3.05, 3.63) is 29.3 Å². The monoisotopic (exact) mass is 274 g/mol. The summed E-state index contributed by atoms with van der Waals surface area (Å²) in [6.07, 6.45) is 2.00. The van der Waals surface area contributed by atoms with E-state index in [0.717, 1.165) is 29.7 Å². The zero-order valence-corrected chi connectivity index (χ0v) is 12.4. The fourth-order valence-electron chi connectivity index (χ4n) is 2.44. The molecule has 1 aliphatic rings. The van der Waals surface area contributed by atoms with Gasteiger partial charge in [-0.25, -0.2) is 0 Å². The van der Waals surface area contributed by atoms with Crippen LogP contribution >= 0.6 is 0 Å². The topological polar surface area (TPSA) is 49.4 Å². The highest BCUT2D eigenvalue weighted by molar-refractivity contribution is 5.93. The van der Waals surface area contributed by atoms with Crippen molar-refractivity contribution in [2.24, 2.45) is 5.92 Å². The molecule has 0 saturated heterocycles. The van der Waals surface area contributed by atoms with E-state index >= 15 is 0 Å². The summed E-state index contributed by atoms with van der Waals surface area (Å²) in [5.74, 6) is 0.332. The number of carbonyl (C=O) groups is 2. The summed E-state index contributed by atoms with van der Waals surface area (Å²) in [4.78, 5) is 25.2. The Kier molecular flexibility index (Phi) is 4.42. The number of para-hydroxylation sites is 1. The Hall–Kier alpha value is -1.84. The normalized spacial score (nSPS) is 13.9. The van der Waals surface area contributed by atoms with Gasteiger partial charge in [0.05, 0.1) is 0 Å². The predicted octanol–water partition coefficient (Wildman–Crippen LogP) is 2.18. The van der Waals surface area contributed by atoms with E-state index < -0.39 is 0 Å². The SMILES string of the molecule is CC(=O)N(CCNC(=O)C1CC1)c1c(C)cccc1C. The Morgan fingerprint density at radius 2 is 1.85 bits per heavy atom. The Balaban J connectivity index is 2.03. The van der Waals surface area contributed by atoms with Crippen molar-refractivity contribution >= 4 is 17.5 Å². The number of benzene rings is 1. The van der Waals surface area contributed by atoms with Crippen molar-refractivity contribution in [1.29, 1.82) is 0 Å². The molecule has 4 heteroatoms. The number of rotatable bonds is 5. The molecule has 0 spiro atoms. The smallest absolute Gasteiger partial charge is 0.223 e. The minimum atomic E-state index is 0.00284. The summed E-state index contributed by atoms with van der Waals surface area (Å²) in [5, 5.41) is 2.91. The quantitative estimate of drug-likeness (QED) is 0.894.